The molecule has 2 aliphatic rings. The number of amides is 3. The zero-order chi connectivity index (χ0) is 21.3. The third kappa shape index (κ3) is 3.84. The molecule has 0 spiro atoms. The molecule has 3 heterocycles. The molecule has 0 bridgehead atoms. The molecular formula is C23H29N5O2. The smallest absolute Gasteiger partial charge is 0.322 e. The number of hydrogen-bond acceptors (Lipinski definition) is 4. The van der Waals surface area contributed by atoms with E-state index in [4.69, 9.17) is 0 Å². The van der Waals surface area contributed by atoms with Gasteiger partial charge in [-0.15, -0.1) is 0 Å². The number of urea groups is 1. The summed E-state index contributed by atoms with van der Waals surface area (Å²) < 4.78 is 0. The first-order chi connectivity index (χ1) is 14.5. The van der Waals surface area contributed by atoms with E-state index in [2.05, 4.69) is 35.1 Å². The van der Waals surface area contributed by atoms with Gasteiger partial charge in [0.25, 0.3) is 5.91 Å². The zero-order valence-electron chi connectivity index (χ0n) is 17.9. The Morgan fingerprint density at radius 2 is 1.83 bits per heavy atom. The van der Waals surface area contributed by atoms with Gasteiger partial charge in [-0.1, -0.05) is 13.0 Å². The molecule has 1 aromatic heterocycles. The number of piperazine rings is 1. The Morgan fingerprint density at radius 1 is 1.13 bits per heavy atom. The molecule has 7 heteroatoms. The van der Waals surface area contributed by atoms with Gasteiger partial charge in [0.2, 0.25) is 0 Å². The number of benzene rings is 1. The predicted octanol–water partition coefficient (Wildman–Crippen LogP) is 2.97. The monoisotopic (exact) mass is 407 g/mol. The number of nitrogens with zero attached hydrogens (tertiary/aromatic N) is 4. The van der Waals surface area contributed by atoms with Gasteiger partial charge in [-0.2, -0.15) is 0 Å². The van der Waals surface area contributed by atoms with Crippen LogP contribution >= 0.6 is 0 Å². The Hall–Kier alpha value is -3.09. The molecule has 3 amide bonds. The summed E-state index contributed by atoms with van der Waals surface area (Å²) in [6.07, 6.45) is 2.78. The van der Waals surface area contributed by atoms with E-state index in [9.17, 15) is 9.59 Å². The van der Waals surface area contributed by atoms with Gasteiger partial charge in [0.15, 0.2) is 0 Å². The second-order valence-electron chi connectivity index (χ2n) is 8.10. The minimum absolute atomic E-state index is 0.0349. The summed E-state index contributed by atoms with van der Waals surface area (Å²) in [4.78, 5) is 35.6. The van der Waals surface area contributed by atoms with Gasteiger partial charge >= 0.3 is 6.03 Å². The summed E-state index contributed by atoms with van der Waals surface area (Å²) in [5.74, 6) is 1.04. The quantitative estimate of drug-likeness (QED) is 0.846. The Bertz CT molecular complexity index is 935. The van der Waals surface area contributed by atoms with Crippen molar-refractivity contribution in [1.29, 1.82) is 0 Å². The number of carbonyl (C=O) groups is 2. The molecule has 30 heavy (non-hydrogen) atoms. The number of nitrogens with one attached hydrogen (secondary N) is 1. The molecule has 2 fully saturated rings. The Balaban J connectivity index is 1.40. The Kier molecular flexibility index (Phi) is 5.61. The predicted molar refractivity (Wildman–Crippen MR) is 118 cm³/mol. The highest BCUT2D eigenvalue weighted by molar-refractivity contribution is 5.97. The third-order valence-electron chi connectivity index (χ3n) is 5.99. The summed E-state index contributed by atoms with van der Waals surface area (Å²) in [7, 11) is 0. The lowest BCUT2D eigenvalue weighted by Crippen LogP contribution is -2.49. The van der Waals surface area contributed by atoms with Crippen molar-refractivity contribution in [2.24, 2.45) is 0 Å². The molecule has 1 unspecified atom stereocenters. The maximum atomic E-state index is 13.0. The average Bonchev–Trinajstić information content (AvgIpc) is 3.14. The van der Waals surface area contributed by atoms with E-state index in [1.54, 1.807) is 4.90 Å². The van der Waals surface area contributed by atoms with Crippen LogP contribution in [-0.2, 0) is 0 Å². The molecule has 2 aliphatic heterocycles. The van der Waals surface area contributed by atoms with Gasteiger partial charge < -0.3 is 15.1 Å². The number of hydrogen-bond donors (Lipinski definition) is 1. The fourth-order valence-corrected chi connectivity index (χ4v) is 4.31. The van der Waals surface area contributed by atoms with E-state index < -0.39 is 0 Å². The molecule has 2 aromatic rings. The molecule has 0 aliphatic carbocycles. The SMILES string of the molecule is CCC1CNC(=O)N1c1ccc(C(=O)N2CCN(c3ncc(C)cc3C)CC2)cc1. The van der Waals surface area contributed by atoms with Crippen molar-refractivity contribution in [2.75, 3.05) is 42.5 Å². The van der Waals surface area contributed by atoms with Crippen LogP contribution in [-0.4, -0.2) is 60.6 Å². The van der Waals surface area contributed by atoms with Crippen LogP contribution in [0, 0.1) is 13.8 Å². The van der Waals surface area contributed by atoms with E-state index >= 15 is 0 Å². The lowest BCUT2D eigenvalue weighted by molar-refractivity contribution is 0.0746. The number of carbonyl (C=O) groups excluding carboxylic acids is 2. The van der Waals surface area contributed by atoms with Crippen LogP contribution in [0.25, 0.3) is 0 Å². The van der Waals surface area contributed by atoms with Gasteiger partial charge in [0.05, 0.1) is 6.04 Å². The number of pyridine rings is 1. The van der Waals surface area contributed by atoms with Gasteiger partial charge in [-0.25, -0.2) is 9.78 Å². The lowest BCUT2D eigenvalue weighted by atomic mass is 10.1. The van der Waals surface area contributed by atoms with Crippen LogP contribution in [0.2, 0.25) is 0 Å². The molecule has 2 saturated heterocycles. The summed E-state index contributed by atoms with van der Waals surface area (Å²) in [5, 5.41) is 2.88. The average molecular weight is 408 g/mol. The van der Waals surface area contributed by atoms with Crippen LogP contribution in [0.3, 0.4) is 0 Å². The van der Waals surface area contributed by atoms with Crippen LogP contribution in [0.4, 0.5) is 16.3 Å². The van der Waals surface area contributed by atoms with Crippen molar-refractivity contribution in [3.05, 3.63) is 53.2 Å². The van der Waals surface area contributed by atoms with Gasteiger partial charge in [-0.3, -0.25) is 9.69 Å². The standard InChI is InChI=1S/C23H29N5O2/c1-4-19-15-25-23(30)28(19)20-7-5-18(6-8-20)22(29)27-11-9-26(10-12-27)21-17(3)13-16(2)14-24-21/h5-8,13-14,19H,4,9-12,15H2,1-3H3,(H,25,30). The van der Waals surface area contributed by atoms with Gasteiger partial charge in [-0.05, 0) is 55.7 Å². The first-order valence-electron chi connectivity index (χ1n) is 10.6. The molecule has 158 valence electrons. The molecular weight excluding hydrogens is 378 g/mol. The Morgan fingerprint density at radius 3 is 2.47 bits per heavy atom. The number of aromatic nitrogens is 1. The first-order valence-corrected chi connectivity index (χ1v) is 10.6. The summed E-state index contributed by atoms with van der Waals surface area (Å²) in [6, 6.07) is 9.63. The minimum Gasteiger partial charge on any atom is -0.353 e. The molecule has 1 atom stereocenters. The molecule has 0 radical (unpaired) electrons. The van der Waals surface area contributed by atoms with E-state index in [1.807, 2.05) is 42.3 Å². The van der Waals surface area contributed by atoms with Crippen molar-refractivity contribution in [1.82, 2.24) is 15.2 Å². The molecule has 7 nitrogen and oxygen atoms in total. The minimum atomic E-state index is -0.0722. The summed E-state index contributed by atoms with van der Waals surface area (Å²) >= 11 is 0. The summed E-state index contributed by atoms with van der Waals surface area (Å²) in [6.45, 7) is 9.74. The Labute approximate surface area is 177 Å². The van der Waals surface area contributed by atoms with Crippen LogP contribution in [0.5, 0.6) is 0 Å². The lowest BCUT2D eigenvalue weighted by Gasteiger charge is -2.36. The molecule has 0 saturated carbocycles. The second kappa shape index (κ2) is 8.34. The van der Waals surface area contributed by atoms with Crippen LogP contribution in [0.15, 0.2) is 36.5 Å². The van der Waals surface area contributed by atoms with E-state index in [1.165, 1.54) is 5.56 Å². The molecule has 1 N–H and O–H groups in total. The van der Waals surface area contributed by atoms with Gasteiger partial charge in [0, 0.05) is 50.2 Å². The first kappa shape index (κ1) is 20.2. The highest BCUT2D eigenvalue weighted by Gasteiger charge is 2.31. The van der Waals surface area contributed by atoms with Crippen LogP contribution < -0.4 is 15.1 Å². The van der Waals surface area contributed by atoms with Crippen LogP contribution in [0.1, 0.15) is 34.8 Å². The largest absolute Gasteiger partial charge is 0.353 e. The number of anilines is 2. The number of aryl methyl sites for hydroxylation is 2. The highest BCUT2D eigenvalue weighted by Crippen LogP contribution is 2.24. The van der Waals surface area contributed by atoms with E-state index in [0.29, 0.717) is 25.2 Å². The third-order valence-corrected chi connectivity index (χ3v) is 5.99. The van der Waals surface area contributed by atoms with E-state index in [-0.39, 0.29) is 18.0 Å². The van der Waals surface area contributed by atoms with Crippen molar-refractivity contribution in [2.45, 2.75) is 33.2 Å². The highest BCUT2D eigenvalue weighted by atomic mass is 16.2. The maximum Gasteiger partial charge on any atom is 0.322 e. The fraction of sp³-hybridized carbons (Fsp3) is 0.435. The molecule has 1 aromatic carbocycles. The maximum absolute atomic E-state index is 13.0. The number of rotatable bonds is 4. The second-order valence-corrected chi connectivity index (χ2v) is 8.10. The van der Waals surface area contributed by atoms with E-state index in [0.717, 1.165) is 36.6 Å². The van der Waals surface area contributed by atoms with Crippen molar-refractivity contribution in [3.63, 3.8) is 0 Å². The van der Waals surface area contributed by atoms with Crippen molar-refractivity contribution in [3.8, 4) is 0 Å². The van der Waals surface area contributed by atoms with Gasteiger partial charge in [0.1, 0.15) is 5.82 Å². The molecule has 4 rings (SSSR count). The summed E-state index contributed by atoms with van der Waals surface area (Å²) in [5.41, 5.74) is 3.82. The zero-order valence-corrected chi connectivity index (χ0v) is 17.9. The normalized spacial score (nSPS) is 19.2. The topological polar surface area (TPSA) is 68.8 Å². The fourth-order valence-electron chi connectivity index (χ4n) is 4.31. The van der Waals surface area contributed by atoms with Crippen molar-refractivity contribution < 1.29 is 9.59 Å². The van der Waals surface area contributed by atoms with Crippen molar-refractivity contribution >= 4 is 23.4 Å².